The lowest BCUT2D eigenvalue weighted by atomic mass is 10.0. The second-order valence-corrected chi connectivity index (χ2v) is 8.32. The lowest BCUT2D eigenvalue weighted by molar-refractivity contribution is -0.918. The van der Waals surface area contributed by atoms with Crippen LogP contribution in [-0.4, -0.2) is 55.1 Å². The fraction of sp³-hybridized carbons (Fsp3) is 0.318. The summed E-state index contributed by atoms with van der Waals surface area (Å²) in [6.45, 7) is 4.92. The first-order valence-electron chi connectivity index (χ1n) is 9.74. The number of carbonyl (C=O) groups is 1. The smallest absolute Gasteiger partial charge is 0.231 e. The molecule has 2 aliphatic heterocycles. The van der Waals surface area contributed by atoms with Crippen molar-refractivity contribution in [1.29, 1.82) is 0 Å². The topological polar surface area (TPSA) is 77.3 Å². The first-order valence-corrected chi connectivity index (χ1v) is 10.5. The molecule has 0 unspecified atom stereocenters. The van der Waals surface area contributed by atoms with Crippen LogP contribution in [0.4, 0.5) is 0 Å². The Morgan fingerprint density at radius 1 is 1.17 bits per heavy atom. The first kappa shape index (κ1) is 20.1. The van der Waals surface area contributed by atoms with Gasteiger partial charge < -0.3 is 19.8 Å². The summed E-state index contributed by atoms with van der Waals surface area (Å²) in [5, 5.41) is 21.6. The average Bonchev–Trinajstić information content (AvgIpc) is 3.03. The molecular weight excluding hydrogens is 436 g/mol. The third kappa shape index (κ3) is 4.38. The molecular formula is C22H23BrN2O4. The molecule has 152 valence electrons. The number of piperazine rings is 1. The summed E-state index contributed by atoms with van der Waals surface area (Å²) in [6.07, 6.45) is 1.71. The molecule has 7 heteroatoms. The summed E-state index contributed by atoms with van der Waals surface area (Å²) in [5.74, 6) is 0.381. The van der Waals surface area contributed by atoms with Gasteiger partial charge in [0.15, 0.2) is 5.76 Å². The summed E-state index contributed by atoms with van der Waals surface area (Å²) in [5.41, 5.74) is 1.89. The molecule has 2 N–H and O–H groups in total. The van der Waals surface area contributed by atoms with E-state index in [4.69, 9.17) is 9.84 Å². The van der Waals surface area contributed by atoms with Crippen LogP contribution < -0.4 is 14.7 Å². The number of hydrogen-bond donors (Lipinski definition) is 2. The first-order chi connectivity index (χ1) is 14.0. The molecule has 6 nitrogen and oxygen atoms in total. The van der Waals surface area contributed by atoms with Crippen molar-refractivity contribution in [2.24, 2.45) is 0 Å². The standard InChI is InChI=1S/C22H23BrN2O4/c23-16-3-1-15(2-4-16)13-20-21(28)17-5-6-19(27)18(22(17)29-20)14-25-9-7-24(8-10-25)11-12-26/h1-6,13,26-27H,7-12,14H2. The van der Waals surface area contributed by atoms with Gasteiger partial charge in [0.05, 0.1) is 25.3 Å². The summed E-state index contributed by atoms with van der Waals surface area (Å²) in [6, 6.07) is 10.6. The molecule has 4 rings (SSSR count). The van der Waals surface area contributed by atoms with Gasteiger partial charge in [-0.2, -0.15) is 0 Å². The summed E-state index contributed by atoms with van der Waals surface area (Å²) in [7, 11) is 0. The normalized spacial score (nSPS) is 18.8. The molecule has 2 heterocycles. The highest BCUT2D eigenvalue weighted by Crippen LogP contribution is 2.38. The van der Waals surface area contributed by atoms with Gasteiger partial charge in [-0.1, -0.05) is 39.9 Å². The van der Waals surface area contributed by atoms with Crippen LogP contribution in [0.2, 0.25) is 0 Å². The van der Waals surface area contributed by atoms with Crippen molar-refractivity contribution in [2.75, 3.05) is 39.3 Å². The molecule has 0 atom stereocenters. The zero-order valence-electron chi connectivity index (χ0n) is 16.0. The Morgan fingerprint density at radius 3 is 2.59 bits per heavy atom. The number of halogens is 1. The summed E-state index contributed by atoms with van der Waals surface area (Å²) < 4.78 is 6.87. The van der Waals surface area contributed by atoms with Gasteiger partial charge in [-0.25, -0.2) is 0 Å². The second-order valence-electron chi connectivity index (χ2n) is 7.40. The molecule has 2 aromatic rings. The number of ketones is 1. The maximum absolute atomic E-state index is 12.8. The fourth-order valence-corrected chi connectivity index (χ4v) is 4.09. The molecule has 1 fully saturated rings. The predicted octanol–water partition coefficient (Wildman–Crippen LogP) is 0.832. The maximum Gasteiger partial charge on any atom is 0.231 e. The van der Waals surface area contributed by atoms with Gasteiger partial charge in [-0.05, 0) is 29.8 Å². The van der Waals surface area contributed by atoms with Gasteiger partial charge in [0.1, 0.15) is 12.3 Å². The highest BCUT2D eigenvalue weighted by atomic mass is 79.9. The van der Waals surface area contributed by atoms with Crippen molar-refractivity contribution in [3.8, 4) is 11.5 Å². The monoisotopic (exact) mass is 458 g/mol. The van der Waals surface area contributed by atoms with Crippen LogP contribution in [0.25, 0.3) is 6.08 Å². The molecule has 1 saturated heterocycles. The van der Waals surface area contributed by atoms with Crippen LogP contribution in [0, 0.1) is 0 Å². The Balaban J connectivity index is 1.54. The number of aliphatic hydroxyl groups is 1. The van der Waals surface area contributed by atoms with Crippen LogP contribution in [0.15, 0.2) is 46.6 Å². The highest BCUT2D eigenvalue weighted by Gasteiger charge is 2.31. The number of carbonyl (C=O) groups excluding carboxylic acids is 1. The van der Waals surface area contributed by atoms with Gasteiger partial charge in [-0.15, -0.1) is 0 Å². The quantitative estimate of drug-likeness (QED) is 0.649. The van der Waals surface area contributed by atoms with E-state index in [1.165, 1.54) is 11.0 Å². The van der Waals surface area contributed by atoms with Crippen molar-refractivity contribution in [3.05, 3.63) is 63.3 Å². The SMILES string of the molecule is O=C1C(=Cc2ccc(Br)cc2)Oc2c1ccc([O-])c2C[NH+]1CCN(CCO)CC1. The molecule has 0 aromatic heterocycles. The molecule has 0 amide bonds. The van der Waals surface area contributed by atoms with Crippen LogP contribution in [0.5, 0.6) is 11.5 Å². The van der Waals surface area contributed by atoms with Gasteiger partial charge in [0.2, 0.25) is 5.78 Å². The van der Waals surface area contributed by atoms with E-state index in [-0.39, 0.29) is 23.9 Å². The van der Waals surface area contributed by atoms with Crippen LogP contribution in [0.3, 0.4) is 0 Å². The molecule has 0 aliphatic carbocycles. The van der Waals surface area contributed by atoms with E-state index < -0.39 is 0 Å². The molecule has 0 saturated carbocycles. The lowest BCUT2D eigenvalue weighted by Gasteiger charge is -2.32. The van der Waals surface area contributed by atoms with Crippen molar-refractivity contribution >= 4 is 27.8 Å². The van der Waals surface area contributed by atoms with Crippen molar-refractivity contribution in [1.82, 2.24) is 4.90 Å². The fourth-order valence-electron chi connectivity index (χ4n) is 3.83. The summed E-state index contributed by atoms with van der Waals surface area (Å²) in [4.78, 5) is 16.3. The molecule has 29 heavy (non-hydrogen) atoms. The van der Waals surface area contributed by atoms with E-state index >= 15 is 0 Å². The second kappa shape index (κ2) is 8.67. The predicted molar refractivity (Wildman–Crippen MR) is 111 cm³/mol. The average molecular weight is 459 g/mol. The number of hydrogen-bond acceptors (Lipinski definition) is 5. The molecule has 0 bridgehead atoms. The minimum atomic E-state index is -0.188. The van der Waals surface area contributed by atoms with E-state index in [1.54, 1.807) is 12.1 Å². The Labute approximate surface area is 178 Å². The van der Waals surface area contributed by atoms with Crippen LogP contribution >= 0.6 is 15.9 Å². The van der Waals surface area contributed by atoms with Crippen LogP contribution in [-0.2, 0) is 6.54 Å². The minimum Gasteiger partial charge on any atom is -0.872 e. The number of β-amino-alcohol motifs (C(OH)–C–C–N with tert-alkyl or cyclic N) is 1. The Kier molecular flexibility index (Phi) is 6.01. The van der Waals surface area contributed by atoms with Gasteiger partial charge in [0, 0.05) is 29.7 Å². The number of Topliss-reactive ketones (excluding diaryl/α,β-unsaturated/α-hetero) is 1. The van der Waals surface area contributed by atoms with E-state index in [9.17, 15) is 9.90 Å². The number of ether oxygens (including phenoxy) is 1. The Morgan fingerprint density at radius 2 is 1.90 bits per heavy atom. The number of quaternary nitrogens is 1. The lowest BCUT2D eigenvalue weighted by Crippen LogP contribution is -3.13. The largest absolute Gasteiger partial charge is 0.872 e. The zero-order chi connectivity index (χ0) is 20.4. The third-order valence-electron chi connectivity index (χ3n) is 5.47. The number of benzene rings is 2. The van der Waals surface area contributed by atoms with E-state index in [2.05, 4.69) is 20.8 Å². The number of fused-ring (bicyclic) bond motifs is 1. The van der Waals surface area contributed by atoms with Gasteiger partial charge in [-0.3, -0.25) is 9.69 Å². The molecule has 2 aliphatic rings. The van der Waals surface area contributed by atoms with E-state index in [0.717, 1.165) is 36.2 Å². The Hall–Kier alpha value is -2.19. The van der Waals surface area contributed by atoms with Crippen molar-refractivity contribution < 1.29 is 24.6 Å². The number of nitrogens with one attached hydrogen (secondary N) is 1. The maximum atomic E-state index is 12.8. The number of aliphatic hydroxyl groups excluding tert-OH is 1. The summed E-state index contributed by atoms with van der Waals surface area (Å²) >= 11 is 3.40. The molecule has 0 radical (unpaired) electrons. The number of rotatable bonds is 5. The zero-order valence-corrected chi connectivity index (χ0v) is 17.6. The molecule has 2 aromatic carbocycles. The van der Waals surface area contributed by atoms with E-state index in [0.29, 0.717) is 30.0 Å². The Bertz CT molecular complexity index is 935. The van der Waals surface area contributed by atoms with Gasteiger partial charge in [0.25, 0.3) is 0 Å². The van der Waals surface area contributed by atoms with Gasteiger partial charge >= 0.3 is 0 Å². The molecule has 0 spiro atoms. The van der Waals surface area contributed by atoms with E-state index in [1.807, 2.05) is 24.3 Å². The van der Waals surface area contributed by atoms with Crippen molar-refractivity contribution in [3.63, 3.8) is 0 Å². The highest BCUT2D eigenvalue weighted by molar-refractivity contribution is 9.10. The number of allylic oxidation sites excluding steroid dienone is 1. The number of nitrogens with zero attached hydrogens (tertiary/aromatic N) is 1. The van der Waals surface area contributed by atoms with Crippen molar-refractivity contribution in [2.45, 2.75) is 6.54 Å². The minimum absolute atomic E-state index is 0.0910. The third-order valence-corrected chi connectivity index (χ3v) is 6.00. The van der Waals surface area contributed by atoms with Crippen LogP contribution in [0.1, 0.15) is 21.5 Å².